The number of alkyl halides is 2. The van der Waals surface area contributed by atoms with Crippen LogP contribution in [0.1, 0.15) is 30.5 Å². The normalized spacial score (nSPS) is 14.5. The number of para-hydroxylation sites is 1. The van der Waals surface area contributed by atoms with Crippen molar-refractivity contribution in [3.05, 3.63) is 52.8 Å². The number of anilines is 1. The molecule has 31 heavy (non-hydrogen) atoms. The molecule has 0 saturated carbocycles. The number of aromatic nitrogens is 4. The zero-order chi connectivity index (χ0) is 21.8. The van der Waals surface area contributed by atoms with E-state index in [4.69, 9.17) is 22.1 Å². The third kappa shape index (κ3) is 5.29. The number of likely N-dealkylation sites (tertiary alicyclic amines) is 1. The minimum atomic E-state index is -2.78. The Labute approximate surface area is 183 Å². The van der Waals surface area contributed by atoms with E-state index in [2.05, 4.69) is 20.0 Å². The smallest absolute Gasteiger partial charge is 0.333 e. The van der Waals surface area contributed by atoms with Gasteiger partial charge in [-0.05, 0) is 37.6 Å². The van der Waals surface area contributed by atoms with Gasteiger partial charge < -0.3 is 10.5 Å². The maximum Gasteiger partial charge on any atom is 0.333 e. The molecule has 1 saturated heterocycles. The van der Waals surface area contributed by atoms with Crippen LogP contribution in [0.3, 0.4) is 0 Å². The standard InChI is InChI=1S/C21H23ClF2N6O/c22-18-12-16(26-21(25)27-18)19-15(13-30(28-19)20(23)24)11-14-5-1-2-6-17(14)31-10-9-29-7-3-4-8-29/h1-2,5-6,12-13,20H,3-4,7-11H2,(H2,25,26,27). The van der Waals surface area contributed by atoms with Crippen molar-refractivity contribution in [2.24, 2.45) is 0 Å². The molecule has 1 aliphatic heterocycles. The summed E-state index contributed by atoms with van der Waals surface area (Å²) >= 11 is 5.98. The maximum absolute atomic E-state index is 13.4. The number of ether oxygens (including phenoxy) is 1. The number of hydrogen-bond donors (Lipinski definition) is 1. The van der Waals surface area contributed by atoms with Gasteiger partial charge in [-0.2, -0.15) is 13.9 Å². The molecular weight excluding hydrogens is 426 g/mol. The minimum absolute atomic E-state index is 0.0503. The van der Waals surface area contributed by atoms with E-state index in [1.165, 1.54) is 25.1 Å². The number of hydrogen-bond acceptors (Lipinski definition) is 6. The molecule has 0 atom stereocenters. The summed E-state index contributed by atoms with van der Waals surface area (Å²) in [4.78, 5) is 10.3. The van der Waals surface area contributed by atoms with Crippen molar-refractivity contribution >= 4 is 17.5 Å². The lowest BCUT2D eigenvalue weighted by atomic mass is 10.0. The van der Waals surface area contributed by atoms with E-state index >= 15 is 0 Å². The molecule has 10 heteroatoms. The van der Waals surface area contributed by atoms with Gasteiger partial charge in [0.1, 0.15) is 23.2 Å². The van der Waals surface area contributed by atoms with Gasteiger partial charge in [0.15, 0.2) is 0 Å². The molecule has 0 bridgehead atoms. The quantitative estimate of drug-likeness (QED) is 0.524. The Hall–Kier alpha value is -2.78. The second-order valence-corrected chi connectivity index (χ2v) is 7.76. The van der Waals surface area contributed by atoms with Gasteiger partial charge in [0.2, 0.25) is 5.95 Å². The molecule has 0 aliphatic carbocycles. The van der Waals surface area contributed by atoms with Crippen LogP contribution < -0.4 is 10.5 Å². The molecule has 164 valence electrons. The molecule has 3 heterocycles. The van der Waals surface area contributed by atoms with Crippen molar-refractivity contribution in [1.29, 1.82) is 0 Å². The number of benzene rings is 1. The first-order valence-electron chi connectivity index (χ1n) is 10.1. The summed E-state index contributed by atoms with van der Waals surface area (Å²) < 4.78 is 33.3. The average Bonchev–Trinajstić information content (AvgIpc) is 3.39. The summed E-state index contributed by atoms with van der Waals surface area (Å²) in [6.07, 6.45) is 4.10. The lowest BCUT2D eigenvalue weighted by Crippen LogP contribution is -2.25. The molecule has 3 aromatic rings. The van der Waals surface area contributed by atoms with Gasteiger partial charge in [-0.1, -0.05) is 29.8 Å². The SMILES string of the molecule is Nc1nc(Cl)cc(-c2nn(C(F)F)cc2Cc2ccccc2OCCN2CCCC2)n1. The molecule has 2 aromatic heterocycles. The predicted octanol–water partition coefficient (Wildman–Crippen LogP) is 4.04. The number of halogens is 3. The van der Waals surface area contributed by atoms with E-state index in [0.717, 1.165) is 30.9 Å². The highest BCUT2D eigenvalue weighted by atomic mass is 35.5. The third-order valence-corrected chi connectivity index (χ3v) is 5.37. The Morgan fingerprint density at radius 3 is 2.65 bits per heavy atom. The molecule has 0 amide bonds. The van der Waals surface area contributed by atoms with E-state index in [1.54, 1.807) is 0 Å². The van der Waals surface area contributed by atoms with Crippen molar-refractivity contribution in [3.8, 4) is 17.1 Å². The van der Waals surface area contributed by atoms with Gasteiger partial charge in [-0.3, -0.25) is 4.90 Å². The van der Waals surface area contributed by atoms with Crippen LogP contribution in [-0.2, 0) is 6.42 Å². The predicted molar refractivity (Wildman–Crippen MR) is 114 cm³/mol. The summed E-state index contributed by atoms with van der Waals surface area (Å²) in [7, 11) is 0. The highest BCUT2D eigenvalue weighted by Crippen LogP contribution is 2.29. The summed E-state index contributed by atoms with van der Waals surface area (Å²) in [6, 6.07) is 9.03. The molecule has 0 unspecified atom stereocenters. The van der Waals surface area contributed by atoms with E-state index in [1.807, 2.05) is 24.3 Å². The van der Waals surface area contributed by atoms with E-state index in [9.17, 15) is 8.78 Å². The van der Waals surface area contributed by atoms with Crippen LogP contribution >= 0.6 is 11.6 Å². The number of nitrogen functional groups attached to an aromatic ring is 1. The van der Waals surface area contributed by atoms with Crippen molar-refractivity contribution in [1.82, 2.24) is 24.6 Å². The summed E-state index contributed by atoms with van der Waals surface area (Å²) in [6.45, 7) is 0.853. The second-order valence-electron chi connectivity index (χ2n) is 7.38. The first-order valence-corrected chi connectivity index (χ1v) is 10.5. The van der Waals surface area contributed by atoms with Crippen molar-refractivity contribution < 1.29 is 13.5 Å². The van der Waals surface area contributed by atoms with Crippen LogP contribution in [0, 0.1) is 0 Å². The number of rotatable bonds is 8. The van der Waals surface area contributed by atoms with Gasteiger partial charge in [-0.15, -0.1) is 0 Å². The molecule has 7 nitrogen and oxygen atoms in total. The monoisotopic (exact) mass is 448 g/mol. The lowest BCUT2D eigenvalue weighted by molar-refractivity contribution is 0.0567. The van der Waals surface area contributed by atoms with Crippen LogP contribution in [0.2, 0.25) is 5.15 Å². The fourth-order valence-corrected chi connectivity index (χ4v) is 3.91. The van der Waals surface area contributed by atoms with Crippen LogP contribution in [-0.4, -0.2) is 50.9 Å². The maximum atomic E-state index is 13.4. The molecule has 0 radical (unpaired) electrons. The minimum Gasteiger partial charge on any atom is -0.492 e. The Balaban J connectivity index is 1.58. The fourth-order valence-electron chi connectivity index (χ4n) is 3.72. The van der Waals surface area contributed by atoms with Crippen LogP contribution in [0.5, 0.6) is 5.75 Å². The number of nitrogens with zero attached hydrogens (tertiary/aromatic N) is 5. The van der Waals surface area contributed by atoms with Crippen LogP contribution in [0.15, 0.2) is 36.5 Å². The summed E-state index contributed by atoms with van der Waals surface area (Å²) in [5.74, 6) is 0.670. The topological polar surface area (TPSA) is 82.1 Å². The number of nitrogens with two attached hydrogens (primary N) is 1. The van der Waals surface area contributed by atoms with Crippen molar-refractivity contribution in [2.75, 3.05) is 32.0 Å². The Morgan fingerprint density at radius 1 is 1.13 bits per heavy atom. The first-order chi connectivity index (χ1) is 15.0. The van der Waals surface area contributed by atoms with Gasteiger partial charge >= 0.3 is 6.55 Å². The second kappa shape index (κ2) is 9.57. The summed E-state index contributed by atoms with van der Waals surface area (Å²) in [5, 5.41) is 4.13. The first kappa shape index (κ1) is 21.5. The molecule has 4 rings (SSSR count). The Bertz CT molecular complexity index is 1020. The van der Waals surface area contributed by atoms with E-state index < -0.39 is 6.55 Å². The molecule has 1 aliphatic rings. The molecule has 2 N–H and O–H groups in total. The van der Waals surface area contributed by atoms with Crippen LogP contribution in [0.25, 0.3) is 11.4 Å². The Kier molecular flexibility index (Phi) is 6.62. The fraction of sp³-hybridized carbons (Fsp3) is 0.381. The van der Waals surface area contributed by atoms with Crippen molar-refractivity contribution in [3.63, 3.8) is 0 Å². The van der Waals surface area contributed by atoms with Gasteiger partial charge in [0.25, 0.3) is 0 Å². The lowest BCUT2D eigenvalue weighted by Gasteiger charge is -2.16. The van der Waals surface area contributed by atoms with Crippen LogP contribution in [0.4, 0.5) is 14.7 Å². The molecule has 1 fully saturated rings. The van der Waals surface area contributed by atoms with Crippen molar-refractivity contribution in [2.45, 2.75) is 25.8 Å². The zero-order valence-corrected chi connectivity index (χ0v) is 17.6. The third-order valence-electron chi connectivity index (χ3n) is 5.18. The van der Waals surface area contributed by atoms with Gasteiger partial charge in [0.05, 0.1) is 5.69 Å². The highest BCUT2D eigenvalue weighted by molar-refractivity contribution is 6.29. The van der Waals surface area contributed by atoms with Gasteiger partial charge in [0, 0.05) is 30.8 Å². The summed E-state index contributed by atoms with van der Waals surface area (Å²) in [5.41, 5.74) is 7.68. The molecular formula is C21H23ClF2N6O. The van der Waals surface area contributed by atoms with E-state index in [-0.39, 0.29) is 16.8 Å². The largest absolute Gasteiger partial charge is 0.492 e. The zero-order valence-electron chi connectivity index (χ0n) is 16.8. The van der Waals surface area contributed by atoms with Gasteiger partial charge in [-0.25, -0.2) is 14.6 Å². The van der Waals surface area contributed by atoms with E-state index in [0.29, 0.717) is 29.0 Å². The molecule has 1 aromatic carbocycles. The molecule has 0 spiro atoms. The average molecular weight is 449 g/mol. The Morgan fingerprint density at radius 2 is 1.90 bits per heavy atom. The highest BCUT2D eigenvalue weighted by Gasteiger charge is 2.19.